The molecular weight excluding hydrogens is 326 g/mol. The first-order valence-corrected chi connectivity index (χ1v) is 8.25. The maximum Gasteiger partial charge on any atom is 0.274 e. The fraction of sp³-hybridized carbons (Fsp3) is 0.0952. The minimum absolute atomic E-state index is 0.183. The molecule has 5 nitrogen and oxygen atoms in total. The van der Waals surface area contributed by atoms with Crippen molar-refractivity contribution in [1.29, 1.82) is 0 Å². The summed E-state index contributed by atoms with van der Waals surface area (Å²) in [5.74, 6) is -0.713. The molecule has 26 heavy (non-hydrogen) atoms. The Bertz CT molecular complexity index is 932. The lowest BCUT2D eigenvalue weighted by Crippen LogP contribution is -2.19. The number of pyridine rings is 1. The Labute approximate surface area is 152 Å². The first-order valence-electron chi connectivity index (χ1n) is 8.25. The molecule has 0 spiro atoms. The normalized spacial score (nSPS) is 10.2. The molecule has 3 rings (SSSR count). The zero-order valence-corrected chi connectivity index (χ0v) is 14.6. The molecule has 0 bridgehead atoms. The van der Waals surface area contributed by atoms with Crippen molar-refractivity contribution in [3.63, 3.8) is 0 Å². The van der Waals surface area contributed by atoms with Gasteiger partial charge in [0, 0.05) is 11.4 Å². The number of carbonyl (C=O) groups is 2. The molecule has 0 atom stereocenters. The molecule has 0 aliphatic carbocycles. The van der Waals surface area contributed by atoms with Crippen molar-refractivity contribution in [2.45, 2.75) is 13.8 Å². The number of para-hydroxylation sites is 2. The Morgan fingerprint density at radius 3 is 1.85 bits per heavy atom. The Morgan fingerprint density at radius 1 is 0.692 bits per heavy atom. The van der Waals surface area contributed by atoms with Crippen LogP contribution in [0.2, 0.25) is 0 Å². The van der Waals surface area contributed by atoms with Crippen LogP contribution in [-0.4, -0.2) is 16.8 Å². The van der Waals surface area contributed by atoms with Crippen molar-refractivity contribution in [3.8, 4) is 0 Å². The molecule has 0 aliphatic rings. The van der Waals surface area contributed by atoms with Gasteiger partial charge in [0.15, 0.2) is 0 Å². The van der Waals surface area contributed by atoms with E-state index in [4.69, 9.17) is 0 Å². The molecule has 0 aliphatic heterocycles. The van der Waals surface area contributed by atoms with Gasteiger partial charge in [-0.05, 0) is 49.2 Å². The summed E-state index contributed by atoms with van der Waals surface area (Å²) in [6.07, 6.45) is 0. The molecule has 130 valence electrons. The molecular formula is C21H19N3O2. The minimum Gasteiger partial charge on any atom is -0.321 e. The van der Waals surface area contributed by atoms with E-state index in [1.807, 2.05) is 50.2 Å². The van der Waals surface area contributed by atoms with Crippen LogP contribution in [0, 0.1) is 13.8 Å². The van der Waals surface area contributed by atoms with Gasteiger partial charge in [-0.2, -0.15) is 0 Å². The maximum atomic E-state index is 12.5. The fourth-order valence-electron chi connectivity index (χ4n) is 2.59. The summed E-state index contributed by atoms with van der Waals surface area (Å²) in [5, 5.41) is 5.64. The van der Waals surface area contributed by atoms with Gasteiger partial charge in [-0.3, -0.25) is 9.59 Å². The van der Waals surface area contributed by atoms with E-state index in [2.05, 4.69) is 15.6 Å². The van der Waals surface area contributed by atoms with Gasteiger partial charge < -0.3 is 10.6 Å². The van der Waals surface area contributed by atoms with Crippen molar-refractivity contribution in [1.82, 2.24) is 4.98 Å². The van der Waals surface area contributed by atoms with Gasteiger partial charge in [-0.15, -0.1) is 0 Å². The third kappa shape index (κ3) is 3.95. The average molecular weight is 345 g/mol. The van der Waals surface area contributed by atoms with Crippen LogP contribution in [0.3, 0.4) is 0 Å². The van der Waals surface area contributed by atoms with E-state index in [0.717, 1.165) is 16.8 Å². The highest BCUT2D eigenvalue weighted by atomic mass is 16.2. The quantitative estimate of drug-likeness (QED) is 0.744. The summed E-state index contributed by atoms with van der Waals surface area (Å²) in [6.45, 7) is 3.86. The van der Waals surface area contributed by atoms with Crippen LogP contribution < -0.4 is 10.6 Å². The lowest BCUT2D eigenvalue weighted by Gasteiger charge is -2.11. The smallest absolute Gasteiger partial charge is 0.274 e. The predicted octanol–water partition coefficient (Wildman–Crippen LogP) is 4.20. The zero-order chi connectivity index (χ0) is 18.5. The van der Waals surface area contributed by atoms with Crippen LogP contribution >= 0.6 is 0 Å². The SMILES string of the molecule is Cc1cccc(C)c1NC(=O)c1cccc(C(=O)Nc2ccccc2)n1. The number of anilines is 2. The van der Waals surface area contributed by atoms with E-state index in [1.54, 1.807) is 30.3 Å². The average Bonchev–Trinajstić information content (AvgIpc) is 2.65. The molecule has 1 heterocycles. The number of benzene rings is 2. The van der Waals surface area contributed by atoms with E-state index < -0.39 is 0 Å². The molecule has 2 amide bonds. The molecule has 2 aromatic carbocycles. The lowest BCUT2D eigenvalue weighted by molar-refractivity contribution is 0.101. The van der Waals surface area contributed by atoms with Gasteiger partial charge >= 0.3 is 0 Å². The number of amides is 2. The maximum absolute atomic E-state index is 12.5. The van der Waals surface area contributed by atoms with Crippen molar-refractivity contribution < 1.29 is 9.59 Å². The number of nitrogens with zero attached hydrogens (tertiary/aromatic N) is 1. The van der Waals surface area contributed by atoms with Crippen LogP contribution in [0.25, 0.3) is 0 Å². The van der Waals surface area contributed by atoms with Crippen LogP contribution in [0.1, 0.15) is 32.1 Å². The number of aryl methyl sites for hydroxylation is 2. The van der Waals surface area contributed by atoms with E-state index in [0.29, 0.717) is 5.69 Å². The Hall–Kier alpha value is -3.47. The van der Waals surface area contributed by atoms with Crippen molar-refractivity contribution in [3.05, 3.63) is 89.2 Å². The van der Waals surface area contributed by atoms with Gasteiger partial charge in [0.25, 0.3) is 11.8 Å². The monoisotopic (exact) mass is 345 g/mol. The highest BCUT2D eigenvalue weighted by molar-refractivity contribution is 6.06. The number of hydrogen-bond acceptors (Lipinski definition) is 3. The molecule has 5 heteroatoms. The predicted molar refractivity (Wildman–Crippen MR) is 103 cm³/mol. The Kier molecular flexibility index (Phi) is 5.08. The zero-order valence-electron chi connectivity index (χ0n) is 14.6. The molecule has 0 saturated heterocycles. The van der Waals surface area contributed by atoms with E-state index >= 15 is 0 Å². The van der Waals surface area contributed by atoms with Gasteiger partial charge in [-0.1, -0.05) is 42.5 Å². The van der Waals surface area contributed by atoms with Crippen molar-refractivity contribution >= 4 is 23.2 Å². The second-order valence-electron chi connectivity index (χ2n) is 5.95. The second kappa shape index (κ2) is 7.61. The molecule has 0 fully saturated rings. The second-order valence-corrected chi connectivity index (χ2v) is 5.95. The standard InChI is InChI=1S/C21H19N3O2/c1-14-8-6-9-15(2)19(14)24-21(26)18-13-7-12-17(23-18)20(25)22-16-10-4-3-5-11-16/h3-13H,1-2H3,(H,22,25)(H,24,26). The largest absolute Gasteiger partial charge is 0.321 e. The van der Waals surface area contributed by atoms with Gasteiger partial charge in [0.05, 0.1) is 0 Å². The molecule has 0 radical (unpaired) electrons. The van der Waals surface area contributed by atoms with Crippen LogP contribution in [0.4, 0.5) is 11.4 Å². The van der Waals surface area contributed by atoms with Crippen LogP contribution in [0.5, 0.6) is 0 Å². The van der Waals surface area contributed by atoms with Gasteiger partial charge in [0.2, 0.25) is 0 Å². The molecule has 0 saturated carbocycles. The Balaban J connectivity index is 1.78. The fourth-order valence-corrected chi connectivity index (χ4v) is 2.59. The molecule has 3 aromatic rings. The number of carbonyl (C=O) groups excluding carboxylic acids is 2. The summed E-state index contributed by atoms with van der Waals surface area (Å²) < 4.78 is 0. The summed E-state index contributed by atoms with van der Waals surface area (Å²) in [4.78, 5) is 29.1. The van der Waals surface area contributed by atoms with Crippen LogP contribution in [-0.2, 0) is 0 Å². The molecule has 0 unspecified atom stereocenters. The van der Waals surface area contributed by atoms with E-state index in [9.17, 15) is 9.59 Å². The highest BCUT2D eigenvalue weighted by Crippen LogP contribution is 2.20. The highest BCUT2D eigenvalue weighted by Gasteiger charge is 2.14. The topological polar surface area (TPSA) is 71.1 Å². The first-order chi connectivity index (χ1) is 12.5. The summed E-state index contributed by atoms with van der Waals surface area (Å²) in [7, 11) is 0. The third-order valence-electron chi connectivity index (χ3n) is 3.97. The minimum atomic E-state index is -0.363. The summed E-state index contributed by atoms with van der Waals surface area (Å²) in [6, 6.07) is 19.7. The van der Waals surface area contributed by atoms with Crippen molar-refractivity contribution in [2.75, 3.05) is 10.6 Å². The Morgan fingerprint density at radius 2 is 1.23 bits per heavy atom. The summed E-state index contributed by atoms with van der Waals surface area (Å²) in [5.41, 5.74) is 3.74. The van der Waals surface area contributed by atoms with E-state index in [-0.39, 0.29) is 23.2 Å². The van der Waals surface area contributed by atoms with Crippen molar-refractivity contribution in [2.24, 2.45) is 0 Å². The van der Waals surface area contributed by atoms with Gasteiger partial charge in [-0.25, -0.2) is 4.98 Å². The van der Waals surface area contributed by atoms with E-state index in [1.165, 1.54) is 0 Å². The third-order valence-corrected chi connectivity index (χ3v) is 3.97. The number of rotatable bonds is 4. The van der Waals surface area contributed by atoms with Gasteiger partial charge in [0.1, 0.15) is 11.4 Å². The molecule has 1 aromatic heterocycles. The number of nitrogens with one attached hydrogen (secondary N) is 2. The first kappa shape index (κ1) is 17.4. The number of hydrogen-bond donors (Lipinski definition) is 2. The lowest BCUT2D eigenvalue weighted by atomic mass is 10.1. The summed E-state index contributed by atoms with van der Waals surface area (Å²) >= 11 is 0. The molecule has 2 N–H and O–H groups in total. The van der Waals surface area contributed by atoms with Crippen LogP contribution in [0.15, 0.2) is 66.7 Å². The number of aromatic nitrogens is 1.